The van der Waals surface area contributed by atoms with Gasteiger partial charge in [0, 0.05) is 37.6 Å². The summed E-state index contributed by atoms with van der Waals surface area (Å²) in [5.74, 6) is 1.05. The van der Waals surface area contributed by atoms with Crippen LogP contribution >= 0.6 is 0 Å². The molecule has 0 spiro atoms. The fraction of sp³-hybridized carbons (Fsp3) is 0.238. The highest BCUT2D eigenvalue weighted by atomic mass is 16.6. The summed E-state index contributed by atoms with van der Waals surface area (Å²) < 4.78 is 5.71. The van der Waals surface area contributed by atoms with E-state index in [2.05, 4.69) is 15.6 Å². The van der Waals surface area contributed by atoms with Crippen molar-refractivity contribution >= 4 is 17.3 Å². The number of para-hydroxylation sites is 2. The van der Waals surface area contributed by atoms with Crippen molar-refractivity contribution in [1.29, 1.82) is 0 Å². The number of hydrogen-bond donors (Lipinski definition) is 2. The summed E-state index contributed by atoms with van der Waals surface area (Å²) in [7, 11) is 0. The maximum Gasteiger partial charge on any atom is 0.292 e. The molecule has 1 aromatic heterocycles. The Morgan fingerprint density at radius 2 is 1.90 bits per heavy atom. The minimum atomic E-state index is -0.442. The van der Waals surface area contributed by atoms with Gasteiger partial charge in [0.25, 0.3) is 5.69 Å². The first-order valence-corrected chi connectivity index (χ1v) is 9.28. The van der Waals surface area contributed by atoms with E-state index in [9.17, 15) is 14.9 Å². The second-order valence-electron chi connectivity index (χ2n) is 6.54. The van der Waals surface area contributed by atoms with E-state index in [0.29, 0.717) is 36.8 Å². The van der Waals surface area contributed by atoms with Crippen molar-refractivity contribution in [1.82, 2.24) is 10.3 Å². The molecule has 2 aromatic carbocycles. The number of hydrogen-bond acceptors (Lipinski definition) is 6. The summed E-state index contributed by atoms with van der Waals surface area (Å²) in [5, 5.41) is 16.7. The van der Waals surface area contributed by atoms with Crippen LogP contribution in [0.5, 0.6) is 0 Å². The Balaban J connectivity index is 1.41. The summed E-state index contributed by atoms with van der Waals surface area (Å²) in [6, 6.07) is 14.3. The Morgan fingerprint density at radius 3 is 2.66 bits per heavy atom. The lowest BCUT2D eigenvalue weighted by molar-refractivity contribution is -0.384. The second-order valence-corrected chi connectivity index (χ2v) is 6.54. The Morgan fingerprint density at radius 1 is 1.14 bits per heavy atom. The molecule has 0 aliphatic rings. The molecule has 1 heterocycles. The molecule has 0 fully saturated rings. The summed E-state index contributed by atoms with van der Waals surface area (Å²) in [5.41, 5.74) is 2.55. The average molecular weight is 394 g/mol. The minimum Gasteiger partial charge on any atom is -0.441 e. The van der Waals surface area contributed by atoms with E-state index >= 15 is 0 Å². The standard InChI is InChI=1S/C21H22N4O4/c1-15-6-8-16(9-7-15)19-14-24-21(29-19)11-10-20(26)23-13-12-22-17-4-2-3-5-18(17)25(27)28/h2-9,14,22H,10-13H2,1H3,(H,23,26). The lowest BCUT2D eigenvalue weighted by atomic mass is 10.1. The molecular formula is C21H22N4O4. The van der Waals surface area contributed by atoms with Gasteiger partial charge in [0.1, 0.15) is 5.69 Å². The van der Waals surface area contributed by atoms with Crippen LogP contribution in [0.25, 0.3) is 11.3 Å². The SMILES string of the molecule is Cc1ccc(-c2cnc(CCC(=O)NCCNc3ccccc3[N+](=O)[O-])o2)cc1. The fourth-order valence-corrected chi connectivity index (χ4v) is 2.77. The van der Waals surface area contributed by atoms with Crippen LogP contribution in [0, 0.1) is 17.0 Å². The van der Waals surface area contributed by atoms with Crippen LogP contribution in [0.4, 0.5) is 11.4 Å². The van der Waals surface area contributed by atoms with Crippen LogP contribution in [0.1, 0.15) is 17.9 Å². The highest BCUT2D eigenvalue weighted by Gasteiger charge is 2.12. The largest absolute Gasteiger partial charge is 0.441 e. The van der Waals surface area contributed by atoms with Crippen molar-refractivity contribution in [2.75, 3.05) is 18.4 Å². The molecule has 0 saturated carbocycles. The van der Waals surface area contributed by atoms with Crippen molar-refractivity contribution in [2.45, 2.75) is 19.8 Å². The first-order valence-electron chi connectivity index (χ1n) is 9.28. The van der Waals surface area contributed by atoms with Crippen molar-refractivity contribution in [3.05, 3.63) is 76.3 Å². The van der Waals surface area contributed by atoms with Gasteiger partial charge in [-0.15, -0.1) is 0 Å². The second kappa shape index (κ2) is 9.50. The quantitative estimate of drug-likeness (QED) is 0.325. The third-order valence-electron chi connectivity index (χ3n) is 4.32. The van der Waals surface area contributed by atoms with Gasteiger partial charge in [-0.1, -0.05) is 42.0 Å². The topological polar surface area (TPSA) is 110 Å². The van der Waals surface area contributed by atoms with Gasteiger partial charge in [-0.25, -0.2) is 4.98 Å². The molecule has 150 valence electrons. The molecule has 3 rings (SSSR count). The first kappa shape index (κ1) is 20.1. The predicted octanol–water partition coefficient (Wildman–Crippen LogP) is 3.72. The monoisotopic (exact) mass is 394 g/mol. The van der Waals surface area contributed by atoms with Crippen molar-refractivity contribution in [3.8, 4) is 11.3 Å². The molecule has 29 heavy (non-hydrogen) atoms. The van der Waals surface area contributed by atoms with Crippen LogP contribution in [0.3, 0.4) is 0 Å². The van der Waals surface area contributed by atoms with E-state index in [-0.39, 0.29) is 18.0 Å². The van der Waals surface area contributed by atoms with Crippen LogP contribution in [-0.4, -0.2) is 28.9 Å². The maximum absolute atomic E-state index is 12.0. The van der Waals surface area contributed by atoms with Crippen molar-refractivity contribution in [2.24, 2.45) is 0 Å². The van der Waals surface area contributed by atoms with Crippen molar-refractivity contribution in [3.63, 3.8) is 0 Å². The zero-order chi connectivity index (χ0) is 20.6. The Hall–Kier alpha value is -3.68. The number of nitro benzene ring substituents is 1. The van der Waals surface area contributed by atoms with Gasteiger partial charge in [-0.2, -0.15) is 0 Å². The Bertz CT molecular complexity index is 982. The maximum atomic E-state index is 12.0. The predicted molar refractivity (Wildman–Crippen MR) is 110 cm³/mol. The number of rotatable bonds is 9. The highest BCUT2D eigenvalue weighted by molar-refractivity contribution is 5.76. The number of oxazole rings is 1. The van der Waals surface area contributed by atoms with Gasteiger partial charge in [-0.3, -0.25) is 14.9 Å². The number of carbonyl (C=O) groups is 1. The molecule has 2 N–H and O–H groups in total. The Labute approximate surface area is 168 Å². The number of aryl methyl sites for hydroxylation is 2. The number of nitrogens with one attached hydrogen (secondary N) is 2. The van der Waals surface area contributed by atoms with Gasteiger partial charge in [0.2, 0.25) is 5.91 Å². The van der Waals surface area contributed by atoms with Crippen LogP contribution < -0.4 is 10.6 Å². The third-order valence-corrected chi connectivity index (χ3v) is 4.32. The molecule has 3 aromatic rings. The lowest BCUT2D eigenvalue weighted by Crippen LogP contribution is -2.29. The van der Waals surface area contributed by atoms with Gasteiger partial charge >= 0.3 is 0 Å². The molecule has 0 atom stereocenters. The van der Waals surface area contributed by atoms with Crippen LogP contribution in [0.15, 0.2) is 59.1 Å². The average Bonchev–Trinajstić information content (AvgIpc) is 3.19. The van der Waals surface area contributed by atoms with E-state index in [1.807, 2.05) is 31.2 Å². The fourth-order valence-electron chi connectivity index (χ4n) is 2.77. The lowest BCUT2D eigenvalue weighted by Gasteiger charge is -2.08. The first-order chi connectivity index (χ1) is 14.0. The molecule has 0 aliphatic heterocycles. The zero-order valence-electron chi connectivity index (χ0n) is 16.1. The molecule has 1 amide bonds. The number of nitrogens with zero attached hydrogens (tertiary/aromatic N) is 2. The summed E-state index contributed by atoms with van der Waals surface area (Å²) in [6.07, 6.45) is 2.31. The molecule has 0 bridgehead atoms. The van der Waals surface area contributed by atoms with Crippen LogP contribution in [0.2, 0.25) is 0 Å². The van der Waals surface area contributed by atoms with E-state index in [1.54, 1.807) is 24.4 Å². The van der Waals surface area contributed by atoms with E-state index in [1.165, 1.54) is 11.6 Å². The molecule has 0 unspecified atom stereocenters. The number of carbonyl (C=O) groups excluding carboxylic acids is 1. The molecular weight excluding hydrogens is 372 g/mol. The van der Waals surface area contributed by atoms with E-state index in [4.69, 9.17) is 4.42 Å². The molecule has 0 aliphatic carbocycles. The summed E-state index contributed by atoms with van der Waals surface area (Å²) in [4.78, 5) is 26.8. The normalized spacial score (nSPS) is 10.5. The smallest absolute Gasteiger partial charge is 0.292 e. The zero-order valence-corrected chi connectivity index (χ0v) is 16.1. The van der Waals surface area contributed by atoms with Gasteiger partial charge in [-0.05, 0) is 13.0 Å². The van der Waals surface area contributed by atoms with E-state index in [0.717, 1.165) is 5.56 Å². The number of amides is 1. The summed E-state index contributed by atoms with van der Waals surface area (Å²) >= 11 is 0. The Kier molecular flexibility index (Phi) is 6.57. The van der Waals surface area contributed by atoms with Gasteiger partial charge < -0.3 is 15.1 Å². The number of anilines is 1. The molecule has 8 heteroatoms. The number of benzene rings is 2. The number of aromatic nitrogens is 1. The molecule has 0 saturated heterocycles. The third kappa shape index (κ3) is 5.65. The van der Waals surface area contributed by atoms with Crippen molar-refractivity contribution < 1.29 is 14.1 Å². The minimum absolute atomic E-state index is 0.00658. The number of nitro groups is 1. The van der Waals surface area contributed by atoms with Gasteiger partial charge in [0.15, 0.2) is 11.7 Å². The highest BCUT2D eigenvalue weighted by Crippen LogP contribution is 2.23. The van der Waals surface area contributed by atoms with Gasteiger partial charge in [0.05, 0.1) is 11.1 Å². The molecule has 8 nitrogen and oxygen atoms in total. The van der Waals surface area contributed by atoms with E-state index < -0.39 is 4.92 Å². The summed E-state index contributed by atoms with van der Waals surface area (Å²) in [6.45, 7) is 2.75. The molecule has 0 radical (unpaired) electrons. The van der Waals surface area contributed by atoms with Crippen LogP contribution in [-0.2, 0) is 11.2 Å².